The van der Waals surface area contributed by atoms with Crippen molar-refractivity contribution < 1.29 is 27.8 Å². The van der Waals surface area contributed by atoms with Crippen molar-refractivity contribution in [2.24, 2.45) is 0 Å². The summed E-state index contributed by atoms with van der Waals surface area (Å²) in [5.74, 6) is -1.40. The number of halogens is 3. The van der Waals surface area contributed by atoms with Crippen LogP contribution in [0.4, 0.5) is 19.0 Å². The molecule has 0 bridgehead atoms. The van der Waals surface area contributed by atoms with Gasteiger partial charge in [0.2, 0.25) is 0 Å². The number of anilines is 1. The Labute approximate surface area is 106 Å². The molecular formula is C11H11F3N2O3. The van der Waals surface area contributed by atoms with Crippen LogP contribution in [0.5, 0.6) is 0 Å². The van der Waals surface area contributed by atoms with Crippen molar-refractivity contribution in [2.45, 2.75) is 6.18 Å². The number of hydrogen-bond donors (Lipinski definition) is 1. The minimum Gasteiger partial charge on any atom is -0.478 e. The van der Waals surface area contributed by atoms with Gasteiger partial charge >= 0.3 is 12.1 Å². The lowest BCUT2D eigenvalue weighted by Gasteiger charge is -2.28. The summed E-state index contributed by atoms with van der Waals surface area (Å²) < 4.78 is 43.1. The zero-order valence-corrected chi connectivity index (χ0v) is 9.78. The molecular weight excluding hydrogens is 265 g/mol. The van der Waals surface area contributed by atoms with E-state index in [0.717, 1.165) is 6.07 Å². The number of pyridine rings is 1. The highest BCUT2D eigenvalue weighted by atomic mass is 19.4. The van der Waals surface area contributed by atoms with E-state index in [0.29, 0.717) is 32.4 Å². The van der Waals surface area contributed by atoms with Crippen LogP contribution in [0.1, 0.15) is 16.1 Å². The molecule has 0 aliphatic carbocycles. The standard InChI is InChI=1S/C11H11F3N2O3/c12-11(13,14)8-5-7(10(17)18)6-9(15-8)16-1-3-19-4-2-16/h5-6H,1-4H2,(H,17,18). The monoisotopic (exact) mass is 276 g/mol. The number of carbonyl (C=O) groups is 1. The average Bonchev–Trinajstić information content (AvgIpc) is 2.38. The van der Waals surface area contributed by atoms with E-state index in [9.17, 15) is 18.0 Å². The van der Waals surface area contributed by atoms with Gasteiger partial charge in [0, 0.05) is 13.1 Å². The molecule has 1 aromatic rings. The van der Waals surface area contributed by atoms with Crippen LogP contribution in [0.25, 0.3) is 0 Å². The summed E-state index contributed by atoms with van der Waals surface area (Å²) in [5, 5.41) is 8.86. The molecule has 0 amide bonds. The first-order valence-corrected chi connectivity index (χ1v) is 5.53. The normalized spacial score (nSPS) is 16.5. The van der Waals surface area contributed by atoms with E-state index >= 15 is 0 Å². The van der Waals surface area contributed by atoms with Gasteiger partial charge in [0.25, 0.3) is 0 Å². The van der Waals surface area contributed by atoms with Gasteiger partial charge in [0.1, 0.15) is 11.5 Å². The smallest absolute Gasteiger partial charge is 0.433 e. The van der Waals surface area contributed by atoms with Gasteiger partial charge in [-0.25, -0.2) is 9.78 Å². The molecule has 0 saturated carbocycles. The molecule has 19 heavy (non-hydrogen) atoms. The molecule has 0 atom stereocenters. The zero-order valence-electron chi connectivity index (χ0n) is 9.78. The third-order valence-corrected chi connectivity index (χ3v) is 2.68. The number of rotatable bonds is 2. The molecule has 1 fully saturated rings. The van der Waals surface area contributed by atoms with Gasteiger partial charge in [-0.05, 0) is 12.1 Å². The molecule has 1 N–H and O–H groups in total. The van der Waals surface area contributed by atoms with Crippen LogP contribution in [0.3, 0.4) is 0 Å². The average molecular weight is 276 g/mol. The van der Waals surface area contributed by atoms with Crippen molar-refractivity contribution in [1.29, 1.82) is 0 Å². The number of carboxylic acid groups (broad SMARTS) is 1. The molecule has 2 rings (SSSR count). The van der Waals surface area contributed by atoms with Crippen LogP contribution in [0.2, 0.25) is 0 Å². The fourth-order valence-electron chi connectivity index (χ4n) is 1.74. The van der Waals surface area contributed by atoms with E-state index in [-0.39, 0.29) is 5.82 Å². The second-order valence-corrected chi connectivity index (χ2v) is 4.00. The van der Waals surface area contributed by atoms with Gasteiger partial charge in [0.05, 0.1) is 18.8 Å². The van der Waals surface area contributed by atoms with Gasteiger partial charge < -0.3 is 14.7 Å². The molecule has 1 aromatic heterocycles. The Morgan fingerprint density at radius 2 is 1.95 bits per heavy atom. The number of aromatic carboxylic acids is 1. The van der Waals surface area contributed by atoms with Crippen molar-refractivity contribution in [3.8, 4) is 0 Å². The van der Waals surface area contributed by atoms with Gasteiger partial charge in [0.15, 0.2) is 0 Å². The van der Waals surface area contributed by atoms with Crippen molar-refractivity contribution in [2.75, 3.05) is 31.2 Å². The lowest BCUT2D eigenvalue weighted by atomic mass is 10.2. The number of hydrogen-bond acceptors (Lipinski definition) is 4. The van der Waals surface area contributed by atoms with E-state index in [4.69, 9.17) is 9.84 Å². The highest BCUT2D eigenvalue weighted by Crippen LogP contribution is 2.30. The highest BCUT2D eigenvalue weighted by molar-refractivity contribution is 5.88. The third-order valence-electron chi connectivity index (χ3n) is 2.68. The Kier molecular flexibility index (Phi) is 3.61. The SMILES string of the molecule is O=C(O)c1cc(N2CCOCC2)nc(C(F)(F)F)c1. The number of alkyl halides is 3. The van der Waals surface area contributed by atoms with Crippen LogP contribution in [0, 0.1) is 0 Å². The number of nitrogens with zero attached hydrogens (tertiary/aromatic N) is 2. The third kappa shape index (κ3) is 3.14. The molecule has 1 saturated heterocycles. The van der Waals surface area contributed by atoms with Crippen LogP contribution < -0.4 is 4.90 Å². The fraction of sp³-hybridized carbons (Fsp3) is 0.455. The summed E-state index contributed by atoms with van der Waals surface area (Å²) in [6.07, 6.45) is -4.67. The maximum atomic E-state index is 12.7. The van der Waals surface area contributed by atoms with Crippen LogP contribution >= 0.6 is 0 Å². The van der Waals surface area contributed by atoms with Crippen LogP contribution in [-0.4, -0.2) is 42.4 Å². The Balaban J connectivity index is 2.41. The van der Waals surface area contributed by atoms with Crippen LogP contribution in [0.15, 0.2) is 12.1 Å². The van der Waals surface area contributed by atoms with Crippen molar-refractivity contribution in [3.63, 3.8) is 0 Å². The van der Waals surface area contributed by atoms with Gasteiger partial charge in [-0.1, -0.05) is 0 Å². The Bertz CT molecular complexity index is 485. The quantitative estimate of drug-likeness (QED) is 0.889. The largest absolute Gasteiger partial charge is 0.478 e. The number of aromatic nitrogens is 1. The minimum absolute atomic E-state index is 0.00975. The summed E-state index contributed by atoms with van der Waals surface area (Å²) in [6, 6.07) is 1.68. The summed E-state index contributed by atoms with van der Waals surface area (Å²) in [5.41, 5.74) is -1.63. The molecule has 1 aliphatic heterocycles. The van der Waals surface area contributed by atoms with Crippen molar-refractivity contribution >= 4 is 11.8 Å². The minimum atomic E-state index is -4.67. The van der Waals surface area contributed by atoms with E-state index in [1.165, 1.54) is 0 Å². The Morgan fingerprint density at radius 3 is 2.47 bits per heavy atom. The summed E-state index contributed by atoms with van der Waals surface area (Å²) in [4.78, 5) is 15.9. The molecule has 8 heteroatoms. The number of morpholine rings is 1. The van der Waals surface area contributed by atoms with E-state index in [1.807, 2.05) is 0 Å². The molecule has 0 radical (unpaired) electrons. The van der Waals surface area contributed by atoms with E-state index in [1.54, 1.807) is 4.90 Å². The first-order chi connectivity index (χ1) is 8.88. The molecule has 104 valence electrons. The molecule has 0 spiro atoms. The zero-order chi connectivity index (χ0) is 14.0. The Hall–Kier alpha value is -1.83. The maximum absolute atomic E-state index is 12.7. The maximum Gasteiger partial charge on any atom is 0.433 e. The second-order valence-electron chi connectivity index (χ2n) is 4.00. The van der Waals surface area contributed by atoms with Gasteiger partial charge in [-0.3, -0.25) is 0 Å². The predicted octanol–water partition coefficient (Wildman–Crippen LogP) is 1.64. The molecule has 1 aliphatic rings. The second kappa shape index (κ2) is 5.04. The summed E-state index contributed by atoms with van der Waals surface area (Å²) in [7, 11) is 0. The summed E-state index contributed by atoms with van der Waals surface area (Å²) >= 11 is 0. The molecule has 2 heterocycles. The predicted molar refractivity (Wildman–Crippen MR) is 59.2 cm³/mol. The molecule has 0 aromatic carbocycles. The van der Waals surface area contributed by atoms with Crippen molar-refractivity contribution in [1.82, 2.24) is 4.98 Å². The fourth-order valence-corrected chi connectivity index (χ4v) is 1.74. The Morgan fingerprint density at radius 1 is 1.32 bits per heavy atom. The van der Waals surface area contributed by atoms with Gasteiger partial charge in [-0.15, -0.1) is 0 Å². The van der Waals surface area contributed by atoms with E-state index in [2.05, 4.69) is 4.98 Å². The van der Waals surface area contributed by atoms with Crippen LogP contribution in [-0.2, 0) is 10.9 Å². The molecule has 5 nitrogen and oxygen atoms in total. The first kappa shape index (κ1) is 13.6. The summed E-state index contributed by atoms with van der Waals surface area (Å²) in [6.45, 7) is 1.52. The highest BCUT2D eigenvalue weighted by Gasteiger charge is 2.34. The number of ether oxygens (including phenoxy) is 1. The molecule has 0 unspecified atom stereocenters. The topological polar surface area (TPSA) is 62.7 Å². The van der Waals surface area contributed by atoms with E-state index < -0.39 is 23.4 Å². The van der Waals surface area contributed by atoms with Crippen molar-refractivity contribution in [3.05, 3.63) is 23.4 Å². The first-order valence-electron chi connectivity index (χ1n) is 5.53. The lowest BCUT2D eigenvalue weighted by Crippen LogP contribution is -2.37. The number of carboxylic acids is 1. The van der Waals surface area contributed by atoms with Gasteiger partial charge in [-0.2, -0.15) is 13.2 Å². The lowest BCUT2D eigenvalue weighted by molar-refractivity contribution is -0.141.